The first kappa shape index (κ1) is 24.5. The third-order valence-electron chi connectivity index (χ3n) is 5.55. The predicted octanol–water partition coefficient (Wildman–Crippen LogP) is 3.46. The van der Waals surface area contributed by atoms with Crippen molar-refractivity contribution < 1.29 is 28.7 Å². The van der Waals surface area contributed by atoms with Gasteiger partial charge in [-0.25, -0.2) is 0 Å². The average Bonchev–Trinajstić information content (AvgIpc) is 3.24. The number of nitrogens with one attached hydrogen (secondary N) is 2. The number of nitrogens with zero attached hydrogens (tertiary/aromatic N) is 1. The molecular weight excluding hydrogens is 462 g/mol. The topological polar surface area (TPSA) is 114 Å². The van der Waals surface area contributed by atoms with Crippen LogP contribution in [0.5, 0.6) is 11.5 Å². The zero-order valence-corrected chi connectivity index (χ0v) is 19.6. The number of hydrogen-bond donors (Lipinski definition) is 2. The van der Waals surface area contributed by atoms with Gasteiger partial charge in [0, 0.05) is 17.7 Å². The maximum absolute atomic E-state index is 12.5. The number of hydrogen-bond acceptors (Lipinski definition) is 6. The van der Waals surface area contributed by atoms with Gasteiger partial charge in [0.15, 0.2) is 6.61 Å². The molecule has 4 rings (SSSR count). The number of anilines is 1. The first-order valence-electron chi connectivity index (χ1n) is 11.4. The maximum Gasteiger partial charge on any atom is 0.311 e. The Bertz CT molecular complexity index is 1260. The summed E-state index contributed by atoms with van der Waals surface area (Å²) in [6.45, 7) is 1.26. The number of carbonyl (C=O) groups excluding carboxylic acids is 4. The monoisotopic (exact) mass is 487 g/mol. The number of carbonyl (C=O) groups is 4. The molecule has 0 aliphatic carbocycles. The van der Waals surface area contributed by atoms with Crippen LogP contribution in [0, 0.1) is 12.8 Å². The van der Waals surface area contributed by atoms with Crippen molar-refractivity contribution in [2.45, 2.75) is 13.3 Å². The minimum absolute atomic E-state index is 0.0280. The number of aryl methyl sites for hydroxylation is 1. The number of amides is 3. The lowest BCUT2D eigenvalue weighted by Crippen LogP contribution is -2.43. The molecule has 1 saturated heterocycles. The molecule has 36 heavy (non-hydrogen) atoms. The van der Waals surface area contributed by atoms with Crippen molar-refractivity contribution in [3.8, 4) is 11.5 Å². The second-order valence-corrected chi connectivity index (χ2v) is 8.26. The van der Waals surface area contributed by atoms with Crippen LogP contribution in [0.2, 0.25) is 0 Å². The number of esters is 1. The summed E-state index contributed by atoms with van der Waals surface area (Å²) in [6, 6.07) is 23.0. The lowest BCUT2D eigenvalue weighted by atomic mass is 10.1. The van der Waals surface area contributed by atoms with Crippen molar-refractivity contribution >= 4 is 29.4 Å². The Morgan fingerprint density at radius 1 is 0.917 bits per heavy atom. The van der Waals surface area contributed by atoms with Crippen molar-refractivity contribution in [1.29, 1.82) is 0 Å². The number of para-hydroxylation sites is 1. The van der Waals surface area contributed by atoms with Crippen molar-refractivity contribution in [3.63, 3.8) is 0 Å². The van der Waals surface area contributed by atoms with Crippen LogP contribution in [0.1, 0.15) is 22.3 Å². The lowest BCUT2D eigenvalue weighted by molar-refractivity contribution is -0.151. The van der Waals surface area contributed by atoms with Crippen LogP contribution >= 0.6 is 0 Å². The Hall–Kier alpha value is -4.66. The Morgan fingerprint density at radius 2 is 1.58 bits per heavy atom. The fourth-order valence-corrected chi connectivity index (χ4v) is 3.67. The third kappa shape index (κ3) is 6.26. The average molecular weight is 488 g/mol. The quantitative estimate of drug-likeness (QED) is 0.471. The van der Waals surface area contributed by atoms with E-state index in [1.54, 1.807) is 49.4 Å². The van der Waals surface area contributed by atoms with E-state index in [2.05, 4.69) is 10.7 Å². The van der Waals surface area contributed by atoms with E-state index in [9.17, 15) is 19.2 Å². The Labute approximate surface area is 208 Å². The van der Waals surface area contributed by atoms with Gasteiger partial charge < -0.3 is 14.8 Å². The first-order valence-corrected chi connectivity index (χ1v) is 11.4. The molecule has 1 fully saturated rings. The van der Waals surface area contributed by atoms with Gasteiger partial charge in [-0.05, 0) is 55.0 Å². The molecule has 0 unspecified atom stereocenters. The van der Waals surface area contributed by atoms with E-state index in [4.69, 9.17) is 9.47 Å². The Balaban J connectivity index is 1.22. The number of rotatable bonds is 8. The van der Waals surface area contributed by atoms with E-state index in [0.717, 1.165) is 10.6 Å². The second kappa shape index (κ2) is 11.2. The van der Waals surface area contributed by atoms with Crippen LogP contribution in [0.4, 0.5) is 5.69 Å². The molecule has 0 aromatic heterocycles. The largest absolute Gasteiger partial charge is 0.457 e. The highest BCUT2D eigenvalue weighted by Crippen LogP contribution is 2.23. The molecule has 9 heteroatoms. The molecule has 0 bridgehead atoms. The summed E-state index contributed by atoms with van der Waals surface area (Å²) >= 11 is 0. The fourth-order valence-electron chi connectivity index (χ4n) is 3.67. The summed E-state index contributed by atoms with van der Waals surface area (Å²) in [5.74, 6) is -1.52. The van der Waals surface area contributed by atoms with Gasteiger partial charge in [0.1, 0.15) is 11.5 Å². The summed E-state index contributed by atoms with van der Waals surface area (Å²) < 4.78 is 10.8. The van der Waals surface area contributed by atoms with Gasteiger partial charge in [-0.3, -0.25) is 29.6 Å². The zero-order valence-electron chi connectivity index (χ0n) is 19.6. The standard InChI is InChI=1S/C27H25N3O6/c1-18-7-5-6-10-23(18)26(33)29-30-16-19(15-25(30)32)27(34)35-17-24(31)28-20-11-13-22(14-12-20)36-21-8-3-2-4-9-21/h2-14,19H,15-17H2,1H3,(H,28,31)(H,29,33)/t19-/m1/s1. The lowest BCUT2D eigenvalue weighted by Gasteiger charge is -2.18. The van der Waals surface area contributed by atoms with Crippen molar-refractivity contribution in [1.82, 2.24) is 10.4 Å². The van der Waals surface area contributed by atoms with Crippen LogP contribution in [-0.4, -0.2) is 41.9 Å². The minimum Gasteiger partial charge on any atom is -0.457 e. The molecule has 2 N–H and O–H groups in total. The summed E-state index contributed by atoms with van der Waals surface area (Å²) in [5, 5.41) is 3.75. The molecule has 1 aliphatic heterocycles. The number of hydrazine groups is 1. The van der Waals surface area contributed by atoms with Gasteiger partial charge in [-0.2, -0.15) is 0 Å². The molecule has 1 heterocycles. The molecule has 0 radical (unpaired) electrons. The van der Waals surface area contributed by atoms with Crippen LogP contribution in [-0.2, 0) is 19.1 Å². The maximum atomic E-state index is 12.5. The highest BCUT2D eigenvalue weighted by atomic mass is 16.5. The molecule has 184 valence electrons. The Morgan fingerprint density at radius 3 is 2.31 bits per heavy atom. The summed E-state index contributed by atoms with van der Waals surface area (Å²) in [4.78, 5) is 49.4. The summed E-state index contributed by atoms with van der Waals surface area (Å²) in [5.41, 5.74) is 4.25. The van der Waals surface area contributed by atoms with Crippen LogP contribution in [0.3, 0.4) is 0 Å². The van der Waals surface area contributed by atoms with E-state index >= 15 is 0 Å². The minimum atomic E-state index is -0.781. The summed E-state index contributed by atoms with van der Waals surface area (Å²) in [7, 11) is 0. The van der Waals surface area contributed by atoms with Crippen LogP contribution < -0.4 is 15.5 Å². The van der Waals surface area contributed by atoms with Gasteiger partial charge in [-0.15, -0.1) is 0 Å². The normalized spacial score (nSPS) is 14.8. The smallest absolute Gasteiger partial charge is 0.311 e. The van der Waals surface area contributed by atoms with Crippen LogP contribution in [0.15, 0.2) is 78.9 Å². The highest BCUT2D eigenvalue weighted by Gasteiger charge is 2.36. The van der Waals surface area contributed by atoms with E-state index in [0.29, 0.717) is 22.7 Å². The van der Waals surface area contributed by atoms with E-state index in [1.165, 1.54) is 0 Å². The molecule has 3 aromatic rings. The molecule has 9 nitrogen and oxygen atoms in total. The van der Waals surface area contributed by atoms with Gasteiger partial charge in [0.25, 0.3) is 11.8 Å². The first-order chi connectivity index (χ1) is 17.4. The van der Waals surface area contributed by atoms with Crippen molar-refractivity contribution in [2.75, 3.05) is 18.5 Å². The molecule has 0 saturated carbocycles. The molecule has 1 aliphatic rings. The van der Waals surface area contributed by atoms with Crippen LogP contribution in [0.25, 0.3) is 0 Å². The SMILES string of the molecule is Cc1ccccc1C(=O)NN1C[C@H](C(=O)OCC(=O)Nc2ccc(Oc3ccccc3)cc2)CC1=O. The van der Waals surface area contributed by atoms with Gasteiger partial charge in [0.05, 0.1) is 12.5 Å². The molecule has 1 atom stereocenters. The number of benzene rings is 3. The third-order valence-corrected chi connectivity index (χ3v) is 5.55. The van der Waals surface area contributed by atoms with E-state index in [-0.39, 0.29) is 13.0 Å². The molecular formula is C27H25N3O6. The van der Waals surface area contributed by atoms with Crippen molar-refractivity contribution in [3.05, 3.63) is 90.0 Å². The number of ether oxygens (including phenoxy) is 2. The molecule has 3 aromatic carbocycles. The fraction of sp³-hybridized carbons (Fsp3) is 0.185. The van der Waals surface area contributed by atoms with E-state index in [1.807, 2.05) is 36.4 Å². The van der Waals surface area contributed by atoms with Gasteiger partial charge in [0.2, 0.25) is 5.91 Å². The molecule has 0 spiro atoms. The summed E-state index contributed by atoms with van der Waals surface area (Å²) in [6.07, 6.45) is -0.114. The van der Waals surface area contributed by atoms with Crippen molar-refractivity contribution in [2.24, 2.45) is 5.92 Å². The highest BCUT2D eigenvalue weighted by molar-refractivity contribution is 5.98. The van der Waals surface area contributed by atoms with E-state index < -0.39 is 36.2 Å². The predicted molar refractivity (Wildman–Crippen MR) is 131 cm³/mol. The van der Waals surface area contributed by atoms with Gasteiger partial charge in [-0.1, -0.05) is 36.4 Å². The Kier molecular flexibility index (Phi) is 7.60. The second-order valence-electron chi connectivity index (χ2n) is 8.26. The van der Waals surface area contributed by atoms with Gasteiger partial charge >= 0.3 is 5.97 Å². The zero-order chi connectivity index (χ0) is 25.5. The molecule has 3 amide bonds.